The molecule has 4 heteroatoms. The largest absolute Gasteiger partial charge is 0.490 e. The minimum absolute atomic E-state index is 0.0239. The molecule has 17 heavy (non-hydrogen) atoms. The van der Waals surface area contributed by atoms with E-state index in [4.69, 9.17) is 14.6 Å². The molecule has 1 N–H and O–H groups in total. The van der Waals surface area contributed by atoms with Gasteiger partial charge < -0.3 is 14.6 Å². The minimum atomic E-state index is -1.05. The summed E-state index contributed by atoms with van der Waals surface area (Å²) in [4.78, 5) is 10.7. The van der Waals surface area contributed by atoms with Crippen molar-refractivity contribution in [1.82, 2.24) is 0 Å². The summed E-state index contributed by atoms with van der Waals surface area (Å²) in [6.07, 6.45) is 2.16. The van der Waals surface area contributed by atoms with E-state index in [1.54, 1.807) is 0 Å². The zero-order valence-corrected chi connectivity index (χ0v) is 9.76. The third-order valence-corrected chi connectivity index (χ3v) is 1.95. The molecule has 1 aromatic carbocycles. The van der Waals surface area contributed by atoms with Crippen LogP contribution in [0.2, 0.25) is 0 Å². The van der Waals surface area contributed by atoms with Crippen molar-refractivity contribution >= 4 is 5.97 Å². The van der Waals surface area contributed by atoms with Crippen LogP contribution in [-0.2, 0) is 9.53 Å². The first kappa shape index (κ1) is 13.1. The molecule has 0 fully saturated rings. The first-order valence-corrected chi connectivity index (χ1v) is 5.48. The van der Waals surface area contributed by atoms with Crippen molar-refractivity contribution in [2.75, 3.05) is 13.2 Å². The van der Waals surface area contributed by atoms with Crippen LogP contribution >= 0.6 is 0 Å². The van der Waals surface area contributed by atoms with Gasteiger partial charge in [0, 0.05) is 0 Å². The lowest BCUT2D eigenvalue weighted by molar-refractivity contribution is -0.136. The Morgan fingerprint density at radius 3 is 2.59 bits per heavy atom. The molecule has 0 aliphatic rings. The number of rotatable bonds is 7. The van der Waals surface area contributed by atoms with E-state index in [2.05, 4.69) is 0 Å². The van der Waals surface area contributed by atoms with Crippen molar-refractivity contribution in [3.05, 3.63) is 42.2 Å². The first-order chi connectivity index (χ1) is 8.24. The molecule has 0 unspecified atom stereocenters. The second kappa shape index (κ2) is 7.33. The van der Waals surface area contributed by atoms with E-state index in [0.29, 0.717) is 13.0 Å². The maximum absolute atomic E-state index is 10.7. The van der Waals surface area contributed by atoms with Gasteiger partial charge in [-0.3, -0.25) is 0 Å². The Morgan fingerprint density at radius 2 is 2.00 bits per heavy atom. The summed E-state index contributed by atoms with van der Waals surface area (Å²) >= 11 is 0. The number of ether oxygens (including phenoxy) is 2. The number of carbonyl (C=O) groups is 1. The molecule has 0 spiro atoms. The van der Waals surface area contributed by atoms with E-state index >= 15 is 0 Å². The molecule has 4 nitrogen and oxygen atoms in total. The molecule has 0 radical (unpaired) electrons. The zero-order valence-electron chi connectivity index (χ0n) is 9.76. The van der Waals surface area contributed by atoms with E-state index in [9.17, 15) is 4.79 Å². The van der Waals surface area contributed by atoms with Crippen LogP contribution in [0.4, 0.5) is 0 Å². The quantitative estimate of drug-likeness (QED) is 0.449. The molecule has 1 aromatic rings. The number of carboxylic acid groups (broad SMARTS) is 1. The third-order valence-electron chi connectivity index (χ3n) is 1.95. The Morgan fingerprint density at radius 1 is 1.29 bits per heavy atom. The minimum Gasteiger partial charge on any atom is -0.490 e. The molecule has 0 aliphatic heterocycles. The number of benzene rings is 1. The van der Waals surface area contributed by atoms with Crippen LogP contribution in [0.1, 0.15) is 13.3 Å². The average Bonchev–Trinajstić information content (AvgIpc) is 2.34. The van der Waals surface area contributed by atoms with Crippen LogP contribution in [0, 0.1) is 0 Å². The van der Waals surface area contributed by atoms with Crippen molar-refractivity contribution in [1.29, 1.82) is 0 Å². The highest BCUT2D eigenvalue weighted by Crippen LogP contribution is 2.08. The molecule has 0 heterocycles. The lowest BCUT2D eigenvalue weighted by atomic mass is 10.3. The monoisotopic (exact) mass is 236 g/mol. The SMILES string of the molecule is CC/C=C(/OCCOc1ccccc1)C(=O)O. The Kier molecular flexibility index (Phi) is 5.64. The molecule has 1 rings (SSSR count). The predicted octanol–water partition coefficient (Wildman–Crippen LogP) is 2.46. The normalized spacial score (nSPS) is 11.0. The van der Waals surface area contributed by atoms with Gasteiger partial charge in [0.15, 0.2) is 5.76 Å². The van der Waals surface area contributed by atoms with Gasteiger partial charge in [0.2, 0.25) is 0 Å². The number of hydrogen-bond acceptors (Lipinski definition) is 3. The highest BCUT2D eigenvalue weighted by Gasteiger charge is 2.07. The van der Waals surface area contributed by atoms with Gasteiger partial charge in [-0.05, 0) is 24.6 Å². The van der Waals surface area contributed by atoms with E-state index in [1.807, 2.05) is 37.3 Å². The maximum Gasteiger partial charge on any atom is 0.370 e. The molecule has 0 saturated carbocycles. The summed E-state index contributed by atoms with van der Waals surface area (Å²) in [6, 6.07) is 9.31. The summed E-state index contributed by atoms with van der Waals surface area (Å²) in [5, 5.41) is 8.79. The van der Waals surface area contributed by atoms with Gasteiger partial charge in [0.25, 0.3) is 0 Å². The van der Waals surface area contributed by atoms with Crippen molar-refractivity contribution in [2.24, 2.45) is 0 Å². The number of carboxylic acids is 1. The second-order valence-corrected chi connectivity index (χ2v) is 3.29. The fourth-order valence-corrected chi connectivity index (χ4v) is 1.22. The van der Waals surface area contributed by atoms with E-state index in [0.717, 1.165) is 5.75 Å². The van der Waals surface area contributed by atoms with Gasteiger partial charge in [-0.25, -0.2) is 4.79 Å². The number of para-hydroxylation sites is 1. The van der Waals surface area contributed by atoms with Crippen LogP contribution in [0.15, 0.2) is 42.2 Å². The lowest BCUT2D eigenvalue weighted by Crippen LogP contribution is -2.11. The van der Waals surface area contributed by atoms with Gasteiger partial charge in [-0.2, -0.15) is 0 Å². The topological polar surface area (TPSA) is 55.8 Å². The Balaban J connectivity index is 2.28. The number of hydrogen-bond donors (Lipinski definition) is 1. The summed E-state index contributed by atoms with van der Waals surface area (Å²) in [5.74, 6) is -0.330. The number of allylic oxidation sites excluding steroid dienone is 1. The van der Waals surface area contributed by atoms with Crippen LogP contribution in [0.25, 0.3) is 0 Å². The Labute approximate surface area is 100 Å². The molecule has 0 amide bonds. The standard InChI is InChI=1S/C13H16O4/c1-2-6-12(13(14)15)17-10-9-16-11-7-4-3-5-8-11/h3-8H,2,9-10H2,1H3,(H,14,15)/b12-6+. The van der Waals surface area contributed by atoms with Gasteiger partial charge in [-0.1, -0.05) is 25.1 Å². The molecule has 0 aliphatic carbocycles. The predicted molar refractivity (Wildman–Crippen MR) is 63.9 cm³/mol. The van der Waals surface area contributed by atoms with Crippen molar-refractivity contribution < 1.29 is 19.4 Å². The molecular formula is C13H16O4. The van der Waals surface area contributed by atoms with Crippen LogP contribution < -0.4 is 4.74 Å². The van der Waals surface area contributed by atoms with Crippen molar-refractivity contribution in [3.63, 3.8) is 0 Å². The second-order valence-electron chi connectivity index (χ2n) is 3.29. The molecule has 92 valence electrons. The van der Waals surface area contributed by atoms with Gasteiger partial charge in [-0.15, -0.1) is 0 Å². The smallest absolute Gasteiger partial charge is 0.370 e. The molecular weight excluding hydrogens is 220 g/mol. The highest BCUT2D eigenvalue weighted by molar-refractivity contribution is 5.84. The van der Waals surface area contributed by atoms with E-state index in [1.165, 1.54) is 6.08 Å². The Bertz CT molecular complexity index is 370. The van der Waals surface area contributed by atoms with Gasteiger partial charge in [0.1, 0.15) is 19.0 Å². The fourth-order valence-electron chi connectivity index (χ4n) is 1.22. The summed E-state index contributed by atoms with van der Waals surface area (Å²) in [5.41, 5.74) is 0. The van der Waals surface area contributed by atoms with Crippen molar-refractivity contribution in [3.8, 4) is 5.75 Å². The van der Waals surface area contributed by atoms with Crippen LogP contribution in [-0.4, -0.2) is 24.3 Å². The lowest BCUT2D eigenvalue weighted by Gasteiger charge is -2.08. The third kappa shape index (κ3) is 5.06. The highest BCUT2D eigenvalue weighted by atomic mass is 16.5. The van der Waals surface area contributed by atoms with Gasteiger partial charge in [0.05, 0.1) is 0 Å². The summed E-state index contributed by atoms with van der Waals surface area (Å²) < 4.78 is 10.5. The summed E-state index contributed by atoms with van der Waals surface area (Å²) in [7, 11) is 0. The van der Waals surface area contributed by atoms with E-state index < -0.39 is 5.97 Å². The molecule has 0 aromatic heterocycles. The molecule has 0 saturated heterocycles. The molecule has 0 atom stereocenters. The van der Waals surface area contributed by atoms with Gasteiger partial charge >= 0.3 is 5.97 Å². The fraction of sp³-hybridized carbons (Fsp3) is 0.308. The van der Waals surface area contributed by atoms with E-state index in [-0.39, 0.29) is 12.4 Å². The molecule has 0 bridgehead atoms. The summed E-state index contributed by atoms with van der Waals surface area (Å²) in [6.45, 7) is 2.39. The Hall–Kier alpha value is -1.97. The first-order valence-electron chi connectivity index (χ1n) is 5.48. The van der Waals surface area contributed by atoms with Crippen LogP contribution in [0.3, 0.4) is 0 Å². The maximum atomic E-state index is 10.7. The average molecular weight is 236 g/mol. The van der Waals surface area contributed by atoms with Crippen molar-refractivity contribution in [2.45, 2.75) is 13.3 Å². The number of aliphatic carboxylic acids is 1. The zero-order chi connectivity index (χ0) is 12.5. The van der Waals surface area contributed by atoms with Crippen LogP contribution in [0.5, 0.6) is 5.75 Å².